The third-order valence-corrected chi connectivity index (χ3v) is 4.40. The molecule has 0 bridgehead atoms. The molecule has 0 radical (unpaired) electrons. The van der Waals surface area contributed by atoms with Crippen molar-refractivity contribution >= 4 is 16.2 Å². The van der Waals surface area contributed by atoms with Crippen molar-refractivity contribution in [2.24, 2.45) is 5.92 Å². The van der Waals surface area contributed by atoms with E-state index in [1.165, 1.54) is 4.31 Å². The molecule has 2 N–H and O–H groups in total. The van der Waals surface area contributed by atoms with Gasteiger partial charge in [0.2, 0.25) is 0 Å². The Labute approximate surface area is 102 Å². The van der Waals surface area contributed by atoms with Crippen LogP contribution < -0.4 is 4.72 Å². The molecule has 1 unspecified atom stereocenters. The molecule has 0 spiro atoms. The number of carbonyl (C=O) groups is 1. The standard InChI is InChI=1S/C10H20N2O4S/c1-2-5-11-17(15,16)12-6-3-4-9(8-12)7-10(13)14/h9,11H,2-8H2,1H3,(H,13,14). The largest absolute Gasteiger partial charge is 0.481 e. The zero-order valence-corrected chi connectivity index (χ0v) is 10.9. The Morgan fingerprint density at radius 1 is 1.53 bits per heavy atom. The first kappa shape index (κ1) is 14.4. The first-order valence-corrected chi connectivity index (χ1v) is 7.36. The lowest BCUT2D eigenvalue weighted by Gasteiger charge is -2.31. The van der Waals surface area contributed by atoms with E-state index in [0.717, 1.165) is 19.3 Å². The maximum Gasteiger partial charge on any atom is 0.303 e. The van der Waals surface area contributed by atoms with E-state index in [1.54, 1.807) is 0 Å². The quantitative estimate of drug-likeness (QED) is 0.728. The minimum absolute atomic E-state index is 0.0415. The highest BCUT2D eigenvalue weighted by molar-refractivity contribution is 7.87. The lowest BCUT2D eigenvalue weighted by molar-refractivity contribution is -0.138. The van der Waals surface area contributed by atoms with E-state index in [4.69, 9.17) is 5.11 Å². The lowest BCUT2D eigenvalue weighted by Crippen LogP contribution is -2.46. The fourth-order valence-electron chi connectivity index (χ4n) is 1.98. The van der Waals surface area contributed by atoms with Crippen molar-refractivity contribution in [3.63, 3.8) is 0 Å². The maximum absolute atomic E-state index is 11.8. The summed E-state index contributed by atoms with van der Waals surface area (Å²) in [7, 11) is -3.42. The molecule has 7 heteroatoms. The third-order valence-electron chi connectivity index (χ3n) is 2.82. The number of carboxylic acid groups (broad SMARTS) is 1. The molecule has 100 valence electrons. The molecule has 1 aliphatic heterocycles. The molecule has 0 saturated carbocycles. The van der Waals surface area contributed by atoms with Gasteiger partial charge in [-0.25, -0.2) is 4.72 Å². The molecule has 0 aromatic rings. The van der Waals surface area contributed by atoms with E-state index in [9.17, 15) is 13.2 Å². The monoisotopic (exact) mass is 264 g/mol. The highest BCUT2D eigenvalue weighted by atomic mass is 32.2. The smallest absolute Gasteiger partial charge is 0.303 e. The van der Waals surface area contributed by atoms with Crippen molar-refractivity contribution in [3.05, 3.63) is 0 Å². The first-order valence-electron chi connectivity index (χ1n) is 5.92. The van der Waals surface area contributed by atoms with Crippen molar-refractivity contribution in [2.75, 3.05) is 19.6 Å². The number of rotatable bonds is 6. The van der Waals surface area contributed by atoms with Crippen molar-refractivity contribution in [2.45, 2.75) is 32.6 Å². The van der Waals surface area contributed by atoms with E-state index < -0.39 is 16.2 Å². The number of nitrogens with one attached hydrogen (secondary N) is 1. The van der Waals surface area contributed by atoms with Crippen molar-refractivity contribution in [1.29, 1.82) is 0 Å². The van der Waals surface area contributed by atoms with E-state index in [0.29, 0.717) is 19.6 Å². The summed E-state index contributed by atoms with van der Waals surface area (Å²) in [5.41, 5.74) is 0. The van der Waals surface area contributed by atoms with Crippen molar-refractivity contribution in [1.82, 2.24) is 9.03 Å². The van der Waals surface area contributed by atoms with E-state index in [1.807, 2.05) is 6.92 Å². The number of carboxylic acids is 1. The average Bonchev–Trinajstić information content (AvgIpc) is 2.26. The Morgan fingerprint density at radius 3 is 2.82 bits per heavy atom. The van der Waals surface area contributed by atoms with Crippen LogP contribution in [0.3, 0.4) is 0 Å². The summed E-state index contributed by atoms with van der Waals surface area (Å²) < 4.78 is 27.6. The molecule has 1 heterocycles. The molecule has 0 amide bonds. The second kappa shape index (κ2) is 6.32. The number of hydrogen-bond acceptors (Lipinski definition) is 3. The highest BCUT2D eigenvalue weighted by Gasteiger charge is 2.29. The van der Waals surface area contributed by atoms with Crippen LogP contribution >= 0.6 is 0 Å². The molecule has 0 aliphatic carbocycles. The predicted octanol–water partition coefficient (Wildman–Crippen LogP) is 0.417. The van der Waals surface area contributed by atoms with Crippen molar-refractivity contribution in [3.8, 4) is 0 Å². The maximum atomic E-state index is 11.8. The fraction of sp³-hybridized carbons (Fsp3) is 0.900. The van der Waals surface area contributed by atoms with Crippen LogP contribution in [0.1, 0.15) is 32.6 Å². The average molecular weight is 264 g/mol. The normalized spacial score (nSPS) is 22.5. The van der Waals surface area contributed by atoms with Gasteiger partial charge in [-0.1, -0.05) is 6.92 Å². The van der Waals surface area contributed by atoms with Gasteiger partial charge in [0, 0.05) is 26.1 Å². The van der Waals surface area contributed by atoms with E-state index in [-0.39, 0.29) is 12.3 Å². The van der Waals surface area contributed by atoms with Crippen LogP contribution in [0.4, 0.5) is 0 Å². The van der Waals surface area contributed by atoms with Crippen LogP contribution in [0.2, 0.25) is 0 Å². The predicted molar refractivity (Wildman–Crippen MR) is 63.8 cm³/mol. The summed E-state index contributed by atoms with van der Waals surface area (Å²) in [6.07, 6.45) is 2.29. The molecular weight excluding hydrogens is 244 g/mol. The van der Waals surface area contributed by atoms with Gasteiger partial charge < -0.3 is 5.11 Å². The highest BCUT2D eigenvalue weighted by Crippen LogP contribution is 2.21. The van der Waals surface area contributed by atoms with Gasteiger partial charge in [0.25, 0.3) is 10.2 Å². The summed E-state index contributed by atoms with van der Waals surface area (Å²) in [4.78, 5) is 10.6. The first-order chi connectivity index (χ1) is 7.95. The van der Waals surface area contributed by atoms with E-state index in [2.05, 4.69) is 4.72 Å². The molecular formula is C10H20N2O4S. The van der Waals surface area contributed by atoms with Crippen LogP contribution in [0.5, 0.6) is 0 Å². The molecule has 1 aliphatic rings. The number of nitrogens with zero attached hydrogens (tertiary/aromatic N) is 1. The van der Waals surface area contributed by atoms with Gasteiger partial charge in [0.05, 0.1) is 0 Å². The van der Waals surface area contributed by atoms with Crippen LogP contribution in [0.25, 0.3) is 0 Å². The number of hydrogen-bond donors (Lipinski definition) is 2. The number of piperidine rings is 1. The lowest BCUT2D eigenvalue weighted by atomic mass is 9.96. The van der Waals surface area contributed by atoms with Gasteiger partial charge in [-0.2, -0.15) is 12.7 Å². The summed E-state index contributed by atoms with van der Waals surface area (Å²) in [6, 6.07) is 0. The SMILES string of the molecule is CCCNS(=O)(=O)N1CCCC(CC(=O)O)C1. The minimum Gasteiger partial charge on any atom is -0.481 e. The van der Waals surface area contributed by atoms with Crippen LogP contribution in [0.15, 0.2) is 0 Å². The number of aliphatic carboxylic acids is 1. The zero-order chi connectivity index (χ0) is 12.9. The Kier molecular flexibility index (Phi) is 5.35. The van der Waals surface area contributed by atoms with Gasteiger partial charge in [0.15, 0.2) is 0 Å². The summed E-state index contributed by atoms with van der Waals surface area (Å²) >= 11 is 0. The minimum atomic E-state index is -3.42. The summed E-state index contributed by atoms with van der Waals surface area (Å²) in [5, 5.41) is 8.71. The molecule has 1 saturated heterocycles. The molecule has 0 aromatic heterocycles. The van der Waals surface area contributed by atoms with Gasteiger partial charge in [-0.05, 0) is 25.2 Å². The van der Waals surface area contributed by atoms with Crippen LogP contribution in [0, 0.1) is 5.92 Å². The van der Waals surface area contributed by atoms with Gasteiger partial charge in [0.1, 0.15) is 0 Å². The second-order valence-corrected chi connectivity index (χ2v) is 6.12. The fourth-order valence-corrected chi connectivity index (χ4v) is 3.40. The Hall–Kier alpha value is -0.660. The van der Waals surface area contributed by atoms with Gasteiger partial charge in [-0.3, -0.25) is 4.79 Å². The third kappa shape index (κ3) is 4.61. The zero-order valence-electron chi connectivity index (χ0n) is 10.1. The summed E-state index contributed by atoms with van der Waals surface area (Å²) in [6.45, 7) is 3.11. The molecule has 6 nitrogen and oxygen atoms in total. The molecule has 17 heavy (non-hydrogen) atoms. The Bertz CT molecular complexity index is 355. The molecule has 1 atom stereocenters. The molecule has 0 aromatic carbocycles. The van der Waals surface area contributed by atoms with Gasteiger partial charge >= 0.3 is 5.97 Å². The summed E-state index contributed by atoms with van der Waals surface area (Å²) in [5.74, 6) is -0.935. The van der Waals surface area contributed by atoms with Crippen LogP contribution in [-0.2, 0) is 15.0 Å². The topological polar surface area (TPSA) is 86.7 Å². The van der Waals surface area contributed by atoms with E-state index >= 15 is 0 Å². The second-order valence-electron chi connectivity index (χ2n) is 4.36. The van der Waals surface area contributed by atoms with Crippen LogP contribution in [-0.4, -0.2) is 43.4 Å². The van der Waals surface area contributed by atoms with Crippen molar-refractivity contribution < 1.29 is 18.3 Å². The Balaban J connectivity index is 2.56. The van der Waals surface area contributed by atoms with Gasteiger partial charge in [-0.15, -0.1) is 0 Å². The Morgan fingerprint density at radius 2 is 2.24 bits per heavy atom. The molecule has 1 rings (SSSR count). The molecule has 1 fully saturated rings.